The third kappa shape index (κ3) is 63.1. The van der Waals surface area contributed by atoms with E-state index >= 15 is 0 Å². The van der Waals surface area contributed by atoms with Gasteiger partial charge in [0.2, 0.25) is 0 Å². The number of carbonyl (C=O) groups excluding carboxylic acids is 3. The van der Waals surface area contributed by atoms with Crippen LogP contribution in [0.1, 0.15) is 394 Å². The van der Waals surface area contributed by atoms with Crippen molar-refractivity contribution >= 4 is 17.9 Å². The van der Waals surface area contributed by atoms with Crippen LogP contribution in [0.4, 0.5) is 0 Å². The van der Waals surface area contributed by atoms with Gasteiger partial charge in [-0.15, -0.1) is 0 Å². The molecule has 0 aromatic rings. The molecular weight excluding hydrogens is 925 g/mol. The summed E-state index contributed by atoms with van der Waals surface area (Å²) in [5.41, 5.74) is 0. The van der Waals surface area contributed by atoms with Gasteiger partial charge in [-0.05, 0) is 31.1 Å². The molecule has 0 fully saturated rings. The Balaban J connectivity index is 4.27. The summed E-state index contributed by atoms with van der Waals surface area (Å²) in [6.07, 6.45) is 69.7. The van der Waals surface area contributed by atoms with E-state index in [1.807, 2.05) is 0 Å². The van der Waals surface area contributed by atoms with Crippen molar-refractivity contribution in [2.45, 2.75) is 400 Å². The van der Waals surface area contributed by atoms with Gasteiger partial charge in [0.25, 0.3) is 0 Å². The average Bonchev–Trinajstić information content (AvgIpc) is 3.39. The Hall–Kier alpha value is -1.59. The molecule has 6 nitrogen and oxygen atoms in total. The Labute approximate surface area is 469 Å². The summed E-state index contributed by atoms with van der Waals surface area (Å²) in [5.74, 6) is 0.883. The van der Waals surface area contributed by atoms with Crippen molar-refractivity contribution in [1.82, 2.24) is 0 Å². The Bertz CT molecular complexity index is 1150. The van der Waals surface area contributed by atoms with Gasteiger partial charge in [-0.3, -0.25) is 14.4 Å². The molecule has 0 rings (SSSR count). The van der Waals surface area contributed by atoms with Gasteiger partial charge in [-0.1, -0.05) is 356 Å². The van der Waals surface area contributed by atoms with Crippen LogP contribution in [0.2, 0.25) is 0 Å². The van der Waals surface area contributed by atoms with Gasteiger partial charge < -0.3 is 14.2 Å². The van der Waals surface area contributed by atoms with Crippen LogP contribution < -0.4 is 0 Å². The zero-order valence-corrected chi connectivity index (χ0v) is 51.7. The third-order valence-corrected chi connectivity index (χ3v) is 16.0. The van der Waals surface area contributed by atoms with Gasteiger partial charge in [-0.2, -0.15) is 0 Å². The molecule has 0 aliphatic rings. The largest absolute Gasteiger partial charge is 0.462 e. The SMILES string of the molecule is CCCCCCCCCCCCCCCCCCCCC(=O)O[C@H](COC(=O)CCCCCCCCCCCCCCCCCCCCC(C)C)COC(=O)CCCCCCCCCCCCCCCCCC(C)C. The Morgan fingerprint density at radius 1 is 0.253 bits per heavy atom. The van der Waals surface area contributed by atoms with Crippen molar-refractivity contribution < 1.29 is 28.6 Å². The lowest BCUT2D eigenvalue weighted by molar-refractivity contribution is -0.167. The Kier molecular flexibility index (Phi) is 60.3. The van der Waals surface area contributed by atoms with Gasteiger partial charge in [0.1, 0.15) is 13.2 Å². The van der Waals surface area contributed by atoms with Crippen LogP contribution in [-0.2, 0) is 28.6 Å². The maximum Gasteiger partial charge on any atom is 0.306 e. The second-order valence-electron chi connectivity index (χ2n) is 24.8. The van der Waals surface area contributed by atoms with E-state index in [0.717, 1.165) is 69.6 Å². The fraction of sp³-hybridized carbons (Fsp3) is 0.957. The molecule has 0 aromatic heterocycles. The Morgan fingerprint density at radius 3 is 0.653 bits per heavy atom. The van der Waals surface area contributed by atoms with Crippen molar-refractivity contribution in [2.75, 3.05) is 13.2 Å². The van der Waals surface area contributed by atoms with Gasteiger partial charge in [0, 0.05) is 19.3 Å². The van der Waals surface area contributed by atoms with Crippen LogP contribution in [-0.4, -0.2) is 37.2 Å². The van der Waals surface area contributed by atoms with Gasteiger partial charge in [0.05, 0.1) is 0 Å². The molecule has 0 unspecified atom stereocenters. The predicted octanol–water partition coefficient (Wildman–Crippen LogP) is 23.2. The molecule has 0 N–H and O–H groups in total. The lowest BCUT2D eigenvalue weighted by Gasteiger charge is -2.18. The summed E-state index contributed by atoms with van der Waals surface area (Å²) in [5, 5.41) is 0. The van der Waals surface area contributed by atoms with E-state index in [9.17, 15) is 14.4 Å². The fourth-order valence-corrected chi connectivity index (χ4v) is 10.8. The highest BCUT2D eigenvalue weighted by atomic mass is 16.6. The van der Waals surface area contributed by atoms with Crippen LogP contribution in [0.3, 0.4) is 0 Å². The molecule has 0 bridgehead atoms. The first-order chi connectivity index (χ1) is 36.7. The van der Waals surface area contributed by atoms with Crippen molar-refractivity contribution in [3.8, 4) is 0 Å². The molecule has 0 aliphatic heterocycles. The molecular formula is C69H134O6. The van der Waals surface area contributed by atoms with Crippen LogP contribution in [0.25, 0.3) is 0 Å². The van der Waals surface area contributed by atoms with Crippen LogP contribution in [0.5, 0.6) is 0 Å². The molecule has 0 heterocycles. The summed E-state index contributed by atoms with van der Waals surface area (Å²) in [6, 6.07) is 0. The summed E-state index contributed by atoms with van der Waals surface area (Å²) in [6.45, 7) is 11.5. The number of ether oxygens (including phenoxy) is 3. The molecule has 6 heteroatoms. The summed E-state index contributed by atoms with van der Waals surface area (Å²) < 4.78 is 17.0. The first kappa shape index (κ1) is 73.4. The molecule has 75 heavy (non-hydrogen) atoms. The lowest BCUT2D eigenvalue weighted by Crippen LogP contribution is -2.30. The first-order valence-corrected chi connectivity index (χ1v) is 34.2. The molecule has 0 spiro atoms. The highest BCUT2D eigenvalue weighted by Crippen LogP contribution is 2.20. The van der Waals surface area contributed by atoms with Crippen LogP contribution >= 0.6 is 0 Å². The molecule has 1 atom stereocenters. The van der Waals surface area contributed by atoms with Crippen LogP contribution in [0.15, 0.2) is 0 Å². The number of esters is 3. The van der Waals surface area contributed by atoms with Crippen molar-refractivity contribution in [1.29, 1.82) is 0 Å². The maximum absolute atomic E-state index is 12.9. The van der Waals surface area contributed by atoms with E-state index < -0.39 is 6.10 Å². The second-order valence-corrected chi connectivity index (χ2v) is 24.8. The standard InChI is InChI=1S/C69H134O6/c1-6-7-8-9-10-11-12-13-14-15-19-25-31-36-41-46-51-56-61-69(72)75-66(63-74-68(71)60-55-50-45-40-35-30-26-21-23-28-33-38-43-48-53-58-65(4)5)62-73-67(70)59-54-49-44-39-34-29-24-20-17-16-18-22-27-32-37-42-47-52-57-64(2)3/h64-66H,6-63H2,1-5H3/t66-/m1/s1. The van der Waals surface area contributed by atoms with E-state index in [-0.39, 0.29) is 31.1 Å². The predicted molar refractivity (Wildman–Crippen MR) is 326 cm³/mol. The van der Waals surface area contributed by atoms with Crippen molar-refractivity contribution in [3.05, 3.63) is 0 Å². The number of hydrogen-bond donors (Lipinski definition) is 0. The third-order valence-electron chi connectivity index (χ3n) is 16.0. The number of carbonyl (C=O) groups is 3. The van der Waals surface area contributed by atoms with Crippen molar-refractivity contribution in [3.63, 3.8) is 0 Å². The molecule has 0 radical (unpaired) electrons. The maximum atomic E-state index is 12.9. The normalized spacial score (nSPS) is 12.0. The quantitative estimate of drug-likeness (QED) is 0.0343. The van der Waals surface area contributed by atoms with Gasteiger partial charge in [0.15, 0.2) is 6.10 Å². The first-order valence-electron chi connectivity index (χ1n) is 34.2. The zero-order chi connectivity index (χ0) is 54.6. The molecule has 0 aromatic carbocycles. The minimum atomic E-state index is -0.764. The van der Waals surface area contributed by atoms with Crippen LogP contribution in [0, 0.1) is 11.8 Å². The molecule has 0 saturated carbocycles. The number of unbranched alkanes of at least 4 members (excludes halogenated alkanes) is 48. The van der Waals surface area contributed by atoms with Gasteiger partial charge >= 0.3 is 17.9 Å². The molecule has 0 amide bonds. The van der Waals surface area contributed by atoms with E-state index in [2.05, 4.69) is 34.6 Å². The van der Waals surface area contributed by atoms with E-state index in [1.165, 1.54) is 283 Å². The lowest BCUT2D eigenvalue weighted by atomic mass is 10.0. The van der Waals surface area contributed by atoms with Gasteiger partial charge in [-0.25, -0.2) is 0 Å². The monoisotopic (exact) mass is 1060 g/mol. The average molecular weight is 1060 g/mol. The highest BCUT2D eigenvalue weighted by molar-refractivity contribution is 5.71. The van der Waals surface area contributed by atoms with E-state index in [1.54, 1.807) is 0 Å². The summed E-state index contributed by atoms with van der Waals surface area (Å²) in [7, 11) is 0. The zero-order valence-electron chi connectivity index (χ0n) is 51.7. The highest BCUT2D eigenvalue weighted by Gasteiger charge is 2.20. The fourth-order valence-electron chi connectivity index (χ4n) is 10.8. The summed E-state index contributed by atoms with van der Waals surface area (Å²) in [4.78, 5) is 38.4. The number of rotatable bonds is 63. The smallest absolute Gasteiger partial charge is 0.306 e. The minimum Gasteiger partial charge on any atom is -0.462 e. The van der Waals surface area contributed by atoms with Crippen molar-refractivity contribution in [2.24, 2.45) is 11.8 Å². The van der Waals surface area contributed by atoms with E-state index in [4.69, 9.17) is 14.2 Å². The number of hydrogen-bond acceptors (Lipinski definition) is 6. The molecule has 446 valence electrons. The second kappa shape index (κ2) is 61.6. The summed E-state index contributed by atoms with van der Waals surface area (Å²) >= 11 is 0. The molecule has 0 saturated heterocycles. The minimum absolute atomic E-state index is 0.0613. The Morgan fingerprint density at radius 2 is 0.440 bits per heavy atom. The molecule has 0 aliphatic carbocycles. The van der Waals surface area contributed by atoms with E-state index in [0.29, 0.717) is 19.3 Å². The topological polar surface area (TPSA) is 78.9 Å².